The minimum atomic E-state index is -0.0356. The molecular formula is C21H27N3O4S. The fourth-order valence-electron chi connectivity index (χ4n) is 3.08. The third-order valence-corrected chi connectivity index (χ3v) is 5.40. The van der Waals surface area contributed by atoms with Gasteiger partial charge in [-0.05, 0) is 42.6 Å². The van der Waals surface area contributed by atoms with Gasteiger partial charge in [-0.15, -0.1) is 0 Å². The molecule has 2 heterocycles. The van der Waals surface area contributed by atoms with Crippen molar-refractivity contribution in [3.63, 3.8) is 0 Å². The zero-order valence-corrected chi connectivity index (χ0v) is 17.5. The first kappa shape index (κ1) is 21.1. The average Bonchev–Trinajstić information content (AvgIpc) is 3.29. The van der Waals surface area contributed by atoms with E-state index in [1.165, 1.54) is 11.3 Å². The molecule has 1 saturated heterocycles. The summed E-state index contributed by atoms with van der Waals surface area (Å²) in [6, 6.07) is 9.10. The van der Waals surface area contributed by atoms with Crippen LogP contribution in [0.4, 0.5) is 0 Å². The zero-order valence-electron chi connectivity index (χ0n) is 16.6. The van der Waals surface area contributed by atoms with E-state index in [9.17, 15) is 9.59 Å². The third kappa shape index (κ3) is 6.47. The molecule has 0 atom stereocenters. The van der Waals surface area contributed by atoms with Gasteiger partial charge in [-0.25, -0.2) is 0 Å². The Labute approximate surface area is 175 Å². The Morgan fingerprint density at radius 2 is 1.72 bits per heavy atom. The summed E-state index contributed by atoms with van der Waals surface area (Å²) in [4.78, 5) is 28.4. The summed E-state index contributed by atoms with van der Waals surface area (Å²) in [5, 5.41) is 6.67. The van der Waals surface area contributed by atoms with Gasteiger partial charge in [0.25, 0.3) is 11.8 Å². The highest BCUT2D eigenvalue weighted by Gasteiger charge is 2.21. The van der Waals surface area contributed by atoms with Crippen LogP contribution in [0, 0.1) is 0 Å². The van der Waals surface area contributed by atoms with Crippen molar-refractivity contribution in [2.24, 2.45) is 0 Å². The molecule has 8 heteroatoms. The van der Waals surface area contributed by atoms with E-state index in [4.69, 9.17) is 9.47 Å². The van der Waals surface area contributed by atoms with Crippen molar-refractivity contribution in [2.45, 2.75) is 6.92 Å². The molecule has 0 spiro atoms. The molecule has 1 aliphatic rings. The summed E-state index contributed by atoms with van der Waals surface area (Å²) in [7, 11) is 0. The topological polar surface area (TPSA) is 71.1 Å². The van der Waals surface area contributed by atoms with Crippen molar-refractivity contribution >= 4 is 23.2 Å². The average molecular weight is 418 g/mol. The maximum Gasteiger partial charge on any atom is 0.260 e. The number of carbonyl (C=O) groups excluding carboxylic acids is 2. The highest BCUT2D eigenvalue weighted by molar-refractivity contribution is 7.08. The lowest BCUT2D eigenvalue weighted by Crippen LogP contribution is -2.51. The predicted octanol–water partition coefficient (Wildman–Crippen LogP) is 2.10. The molecular weight excluding hydrogens is 390 g/mol. The number of nitrogens with zero attached hydrogens (tertiary/aromatic N) is 2. The van der Waals surface area contributed by atoms with Gasteiger partial charge in [0.2, 0.25) is 0 Å². The van der Waals surface area contributed by atoms with Gasteiger partial charge in [0.1, 0.15) is 11.5 Å². The molecule has 1 aromatic heterocycles. The van der Waals surface area contributed by atoms with E-state index < -0.39 is 0 Å². The van der Waals surface area contributed by atoms with Crippen LogP contribution in [0.3, 0.4) is 0 Å². The van der Waals surface area contributed by atoms with E-state index in [0.717, 1.165) is 25.4 Å². The van der Waals surface area contributed by atoms with Gasteiger partial charge in [-0.2, -0.15) is 11.3 Å². The number of thiophene rings is 1. The van der Waals surface area contributed by atoms with Crippen molar-refractivity contribution in [1.82, 2.24) is 15.1 Å². The Morgan fingerprint density at radius 3 is 2.34 bits per heavy atom. The lowest BCUT2D eigenvalue weighted by Gasteiger charge is -2.34. The van der Waals surface area contributed by atoms with E-state index in [-0.39, 0.29) is 18.4 Å². The van der Waals surface area contributed by atoms with Crippen LogP contribution in [0.1, 0.15) is 17.3 Å². The Kier molecular flexibility index (Phi) is 7.89. The fourth-order valence-corrected chi connectivity index (χ4v) is 3.72. The van der Waals surface area contributed by atoms with Gasteiger partial charge >= 0.3 is 0 Å². The van der Waals surface area contributed by atoms with Crippen molar-refractivity contribution < 1.29 is 19.1 Å². The molecule has 0 unspecified atom stereocenters. The predicted molar refractivity (Wildman–Crippen MR) is 113 cm³/mol. The minimum Gasteiger partial charge on any atom is -0.494 e. The molecule has 2 amide bonds. The molecule has 156 valence electrons. The second-order valence-corrected chi connectivity index (χ2v) is 7.46. The Balaban J connectivity index is 1.32. The van der Waals surface area contributed by atoms with Crippen LogP contribution < -0.4 is 14.8 Å². The maximum atomic E-state index is 12.4. The van der Waals surface area contributed by atoms with Crippen LogP contribution in [0.25, 0.3) is 0 Å². The first-order valence-corrected chi connectivity index (χ1v) is 10.8. The number of hydrogen-bond donors (Lipinski definition) is 1. The van der Waals surface area contributed by atoms with Crippen LogP contribution in [-0.4, -0.2) is 74.1 Å². The Hall–Kier alpha value is -2.58. The molecule has 3 rings (SSSR count). The van der Waals surface area contributed by atoms with Gasteiger partial charge in [-0.1, -0.05) is 0 Å². The van der Waals surface area contributed by atoms with E-state index in [1.54, 1.807) is 12.1 Å². The number of hydrogen-bond acceptors (Lipinski definition) is 6. The van der Waals surface area contributed by atoms with Crippen LogP contribution in [0.5, 0.6) is 11.5 Å². The zero-order chi connectivity index (χ0) is 20.5. The Bertz CT molecular complexity index is 772. The smallest absolute Gasteiger partial charge is 0.260 e. The van der Waals surface area contributed by atoms with E-state index in [0.29, 0.717) is 37.6 Å². The molecule has 1 aromatic carbocycles. The normalized spacial score (nSPS) is 14.4. The van der Waals surface area contributed by atoms with Crippen molar-refractivity contribution in [3.8, 4) is 11.5 Å². The summed E-state index contributed by atoms with van der Waals surface area (Å²) < 4.78 is 11.0. The van der Waals surface area contributed by atoms with E-state index >= 15 is 0 Å². The van der Waals surface area contributed by atoms with Gasteiger partial charge in [0, 0.05) is 50.2 Å². The van der Waals surface area contributed by atoms with Crippen molar-refractivity contribution in [3.05, 3.63) is 46.7 Å². The summed E-state index contributed by atoms with van der Waals surface area (Å²) in [6.45, 7) is 6.89. The first-order chi connectivity index (χ1) is 14.2. The number of rotatable bonds is 9. The van der Waals surface area contributed by atoms with Crippen LogP contribution >= 0.6 is 11.3 Å². The summed E-state index contributed by atoms with van der Waals surface area (Å²) in [5.74, 6) is 1.39. The highest BCUT2D eigenvalue weighted by atomic mass is 32.1. The van der Waals surface area contributed by atoms with E-state index in [2.05, 4.69) is 10.2 Å². The van der Waals surface area contributed by atoms with Crippen LogP contribution in [0.15, 0.2) is 41.1 Å². The van der Waals surface area contributed by atoms with Crippen LogP contribution in [0.2, 0.25) is 0 Å². The number of piperazine rings is 1. The number of nitrogens with one attached hydrogen (secondary N) is 1. The SMILES string of the molecule is CCOc1ccc(OCC(=O)N2CCN(CCNC(=O)c3ccsc3)CC2)cc1. The molecule has 0 radical (unpaired) electrons. The minimum absolute atomic E-state index is 0.00991. The summed E-state index contributed by atoms with van der Waals surface area (Å²) in [5.41, 5.74) is 0.706. The standard InChI is InChI=1S/C21H27N3O4S/c1-2-27-18-3-5-19(6-4-18)28-15-20(25)24-12-10-23(11-13-24)9-8-22-21(26)17-7-14-29-16-17/h3-7,14,16H,2,8-13,15H2,1H3,(H,22,26). The molecule has 7 nitrogen and oxygen atoms in total. The number of amides is 2. The summed E-state index contributed by atoms with van der Waals surface area (Å²) in [6.07, 6.45) is 0. The van der Waals surface area contributed by atoms with Crippen molar-refractivity contribution in [1.29, 1.82) is 0 Å². The summed E-state index contributed by atoms with van der Waals surface area (Å²) >= 11 is 1.51. The lowest BCUT2D eigenvalue weighted by atomic mass is 10.3. The second-order valence-electron chi connectivity index (χ2n) is 6.68. The largest absolute Gasteiger partial charge is 0.494 e. The van der Waals surface area contributed by atoms with Gasteiger partial charge in [0.15, 0.2) is 6.61 Å². The molecule has 0 saturated carbocycles. The van der Waals surface area contributed by atoms with Gasteiger partial charge in [-0.3, -0.25) is 14.5 Å². The van der Waals surface area contributed by atoms with E-state index in [1.807, 2.05) is 40.8 Å². The number of ether oxygens (including phenoxy) is 2. The van der Waals surface area contributed by atoms with Gasteiger partial charge < -0.3 is 19.7 Å². The molecule has 2 aromatic rings. The third-order valence-electron chi connectivity index (χ3n) is 4.72. The lowest BCUT2D eigenvalue weighted by molar-refractivity contribution is -0.135. The Morgan fingerprint density at radius 1 is 1.03 bits per heavy atom. The second kappa shape index (κ2) is 10.8. The van der Waals surface area contributed by atoms with Gasteiger partial charge in [0.05, 0.1) is 6.61 Å². The molecule has 1 aliphatic heterocycles. The first-order valence-electron chi connectivity index (χ1n) is 9.82. The molecule has 0 bridgehead atoms. The van der Waals surface area contributed by atoms with Crippen molar-refractivity contribution in [2.75, 3.05) is 52.5 Å². The number of carbonyl (C=O) groups is 2. The molecule has 1 N–H and O–H groups in total. The van der Waals surface area contributed by atoms with Crippen LogP contribution in [-0.2, 0) is 4.79 Å². The molecule has 29 heavy (non-hydrogen) atoms. The number of benzene rings is 1. The quantitative estimate of drug-likeness (QED) is 0.677. The molecule has 0 aliphatic carbocycles. The monoisotopic (exact) mass is 417 g/mol. The maximum absolute atomic E-state index is 12.4. The molecule has 1 fully saturated rings. The fraction of sp³-hybridized carbons (Fsp3) is 0.429. The highest BCUT2D eigenvalue weighted by Crippen LogP contribution is 2.17.